The van der Waals surface area contributed by atoms with Crippen LogP contribution in [-0.2, 0) is 23.0 Å². The average molecular weight is 531 g/mol. The Morgan fingerprint density at radius 1 is 1.37 bits per heavy atom. The zero-order chi connectivity index (χ0) is 26.3. The monoisotopic (exact) mass is 530 g/mol. The third-order valence-electron chi connectivity index (χ3n) is 6.39. The molecule has 1 aliphatic heterocycles. The number of hydrogen-bond donors (Lipinski definition) is 4. The smallest absolute Gasteiger partial charge is 0.408 e. The highest BCUT2D eigenvalue weighted by Crippen LogP contribution is 2.44. The Balaban J connectivity index is 2.07. The van der Waals surface area contributed by atoms with Gasteiger partial charge in [0.2, 0.25) is 11.9 Å². The van der Waals surface area contributed by atoms with Crippen LogP contribution in [0.3, 0.4) is 0 Å². The summed E-state index contributed by atoms with van der Waals surface area (Å²) < 4.78 is 30.9. The van der Waals surface area contributed by atoms with E-state index >= 15 is 0 Å². The van der Waals surface area contributed by atoms with Gasteiger partial charge in [-0.3, -0.25) is 24.5 Å². The summed E-state index contributed by atoms with van der Waals surface area (Å²) in [6, 6.07) is 0. The Morgan fingerprint density at radius 2 is 2.03 bits per heavy atom. The molecule has 0 bridgehead atoms. The molecule has 4 N–H and O–H groups in total. The highest BCUT2D eigenvalue weighted by atomic mass is 31.1. The van der Waals surface area contributed by atoms with Crippen LogP contribution in [0, 0.1) is 5.92 Å². The number of aromatic amines is 1. The van der Waals surface area contributed by atoms with Gasteiger partial charge < -0.3 is 14.3 Å². The average Bonchev–Trinajstić information content (AvgIpc) is 3.28. The maximum Gasteiger partial charge on any atom is 0.695 e. The van der Waals surface area contributed by atoms with Crippen LogP contribution in [0.15, 0.2) is 11.1 Å². The molecule has 0 spiro atoms. The van der Waals surface area contributed by atoms with Gasteiger partial charge in [0, 0.05) is 10.5 Å². The summed E-state index contributed by atoms with van der Waals surface area (Å²) in [4.78, 5) is 45.2. The van der Waals surface area contributed by atoms with Crippen LogP contribution in [0.1, 0.15) is 40.8 Å². The third-order valence-corrected chi connectivity index (χ3v) is 11.3. The van der Waals surface area contributed by atoms with Crippen LogP contribution in [0.25, 0.3) is 11.2 Å². The van der Waals surface area contributed by atoms with Crippen LogP contribution in [0.4, 0.5) is 5.95 Å². The Bertz CT molecular complexity index is 1160. The topological polar surface area (TPSA) is 178 Å². The Hall–Kier alpha value is -2.06. The van der Waals surface area contributed by atoms with E-state index in [4.69, 9.17) is 13.7 Å². The molecule has 3 rings (SSSR count). The molecule has 5 atom stereocenters. The molecule has 35 heavy (non-hydrogen) atoms. The zero-order valence-electron chi connectivity index (χ0n) is 20.8. The summed E-state index contributed by atoms with van der Waals surface area (Å²) in [5.41, 5.74) is -0.564. The van der Waals surface area contributed by atoms with Crippen molar-refractivity contribution in [3.63, 3.8) is 0 Å². The number of hydrogen-bond acceptors (Lipinski definition) is 9. The lowest BCUT2D eigenvalue weighted by Crippen LogP contribution is -2.50. The van der Waals surface area contributed by atoms with Crippen molar-refractivity contribution < 1.29 is 33.0 Å². The number of aliphatic hydroxyl groups excluding tert-OH is 1. The molecule has 15 heteroatoms. The van der Waals surface area contributed by atoms with Crippen molar-refractivity contribution in [2.24, 2.45) is 5.92 Å². The van der Waals surface area contributed by atoms with Crippen molar-refractivity contribution in [2.75, 3.05) is 11.9 Å². The number of carbonyl (C=O) groups excluding carboxylic acids is 1. The molecule has 0 radical (unpaired) electrons. The van der Waals surface area contributed by atoms with E-state index in [9.17, 15) is 24.2 Å². The van der Waals surface area contributed by atoms with Crippen molar-refractivity contribution in [1.29, 1.82) is 0 Å². The highest BCUT2D eigenvalue weighted by molar-refractivity contribution is 7.32. The van der Waals surface area contributed by atoms with E-state index in [2.05, 4.69) is 20.3 Å². The molecule has 2 aromatic heterocycles. The predicted octanol–water partition coefficient (Wildman–Crippen LogP) is 2.03. The molecule has 5 unspecified atom stereocenters. The lowest BCUT2D eigenvalue weighted by molar-refractivity contribution is -0.118. The number of aliphatic hydroxyl groups is 1. The number of imidazole rings is 1. The van der Waals surface area contributed by atoms with Crippen LogP contribution in [0.5, 0.6) is 0 Å². The van der Waals surface area contributed by atoms with Crippen molar-refractivity contribution in [3.8, 4) is 0 Å². The van der Waals surface area contributed by atoms with Crippen LogP contribution < -0.4 is 10.9 Å². The molecule has 3 heterocycles. The summed E-state index contributed by atoms with van der Waals surface area (Å²) in [5, 5.41) is 12.4. The standard InChI is InChI=1S/C20H32N5O8PSi/c1-10(2)16(27)23-19-22-15-12(17(28)24-19)21-9-25(15)18-14(32-34(29)30)13(11(8-26)31-18)33-35(6,7)20(3,4)5/h9-11,13-14,18,26H,8H2,1-7H3,(H2-,22,23,24,27,28,29,30)/p+1. The van der Waals surface area contributed by atoms with E-state index in [1.807, 2.05) is 33.9 Å². The van der Waals surface area contributed by atoms with E-state index in [0.717, 1.165) is 0 Å². The number of aromatic nitrogens is 4. The minimum atomic E-state index is -3.06. The maximum absolute atomic E-state index is 12.6. The number of rotatable bonds is 8. The molecule has 1 amide bonds. The van der Waals surface area contributed by atoms with Gasteiger partial charge in [-0.1, -0.05) is 34.6 Å². The van der Waals surface area contributed by atoms with Gasteiger partial charge in [0.15, 0.2) is 31.8 Å². The Morgan fingerprint density at radius 3 is 2.57 bits per heavy atom. The number of nitrogens with zero attached hydrogens (tertiary/aromatic N) is 3. The van der Waals surface area contributed by atoms with Gasteiger partial charge in [-0.05, 0) is 18.1 Å². The zero-order valence-corrected chi connectivity index (χ0v) is 22.7. The van der Waals surface area contributed by atoms with Crippen LogP contribution in [-0.4, -0.2) is 68.7 Å². The first-order valence-electron chi connectivity index (χ1n) is 11.2. The Kier molecular flexibility index (Phi) is 7.96. The molecular weight excluding hydrogens is 497 g/mol. The van der Waals surface area contributed by atoms with Gasteiger partial charge in [0.1, 0.15) is 12.2 Å². The van der Waals surface area contributed by atoms with Gasteiger partial charge in [0.25, 0.3) is 5.56 Å². The molecular formula is C20H33N5O8PSi+. The van der Waals surface area contributed by atoms with Gasteiger partial charge in [-0.15, -0.1) is 9.42 Å². The van der Waals surface area contributed by atoms with Gasteiger partial charge in [0.05, 0.1) is 12.9 Å². The van der Waals surface area contributed by atoms with E-state index in [-0.39, 0.29) is 34.0 Å². The number of amides is 1. The molecule has 0 aromatic carbocycles. The number of H-pyrrole nitrogens is 1. The summed E-state index contributed by atoms with van der Waals surface area (Å²) in [7, 11) is -5.49. The molecule has 13 nitrogen and oxygen atoms in total. The molecule has 0 aliphatic carbocycles. The third kappa shape index (κ3) is 5.69. The number of fused-ring (bicyclic) bond motifs is 1. The Labute approximate surface area is 204 Å². The van der Waals surface area contributed by atoms with Gasteiger partial charge in [-0.25, -0.2) is 4.98 Å². The predicted molar refractivity (Wildman–Crippen MR) is 129 cm³/mol. The first kappa shape index (κ1) is 27.5. The van der Waals surface area contributed by atoms with Crippen molar-refractivity contribution in [1.82, 2.24) is 19.5 Å². The molecule has 1 saturated heterocycles. The summed E-state index contributed by atoms with van der Waals surface area (Å²) >= 11 is 0. The number of nitrogens with one attached hydrogen (secondary N) is 2. The number of anilines is 1. The number of carbonyl (C=O) groups is 1. The van der Waals surface area contributed by atoms with Crippen LogP contribution in [0.2, 0.25) is 18.1 Å². The normalized spacial score (nSPS) is 23.8. The first-order chi connectivity index (χ1) is 16.2. The second-order valence-corrected chi connectivity index (χ2v) is 15.7. The summed E-state index contributed by atoms with van der Waals surface area (Å²) in [5.74, 6) is -0.784. The summed E-state index contributed by atoms with van der Waals surface area (Å²) in [6.45, 7) is 13.1. The highest BCUT2D eigenvalue weighted by Gasteiger charge is 2.54. The SMILES string of the molecule is CC(C)C(=O)Nc1nc2c(ncn2C2OC(CO)C(O[Si](C)(C)C(C)(C)C)C2O[P+](=O)O)c(=O)[nH]1. The molecule has 1 aliphatic rings. The number of ether oxygens (including phenoxy) is 1. The maximum atomic E-state index is 12.6. The molecule has 1 fully saturated rings. The van der Waals surface area contributed by atoms with Gasteiger partial charge in [-0.2, -0.15) is 4.98 Å². The fourth-order valence-electron chi connectivity index (χ4n) is 3.39. The molecule has 2 aromatic rings. The second-order valence-electron chi connectivity index (χ2n) is 10.3. The van der Waals surface area contributed by atoms with E-state index in [1.54, 1.807) is 13.8 Å². The van der Waals surface area contributed by atoms with E-state index in [1.165, 1.54) is 10.9 Å². The van der Waals surface area contributed by atoms with Crippen molar-refractivity contribution in [2.45, 2.75) is 77.3 Å². The largest absolute Gasteiger partial charge is 0.695 e. The van der Waals surface area contributed by atoms with Crippen LogP contribution >= 0.6 is 8.25 Å². The first-order valence-corrected chi connectivity index (χ1v) is 15.2. The van der Waals surface area contributed by atoms with Crippen molar-refractivity contribution in [3.05, 3.63) is 16.7 Å². The molecule has 0 saturated carbocycles. The van der Waals surface area contributed by atoms with Gasteiger partial charge >= 0.3 is 8.25 Å². The minimum absolute atomic E-state index is 0.0300. The summed E-state index contributed by atoms with van der Waals surface area (Å²) in [6.07, 6.45) is -2.69. The quantitative estimate of drug-likeness (QED) is 0.291. The second kappa shape index (κ2) is 10.1. The lowest BCUT2D eigenvalue weighted by atomic mass is 10.1. The molecule has 194 valence electrons. The van der Waals surface area contributed by atoms with E-state index in [0.29, 0.717) is 0 Å². The van der Waals surface area contributed by atoms with E-state index < -0.39 is 53.3 Å². The fourth-order valence-corrected chi connectivity index (χ4v) is 5.14. The minimum Gasteiger partial charge on any atom is -0.408 e. The fraction of sp³-hybridized carbons (Fsp3) is 0.700. The lowest BCUT2D eigenvalue weighted by Gasteiger charge is -2.39. The van der Waals surface area contributed by atoms with Crippen molar-refractivity contribution >= 4 is 39.6 Å².